The van der Waals surface area contributed by atoms with Crippen LogP contribution >= 0.6 is 11.3 Å². The van der Waals surface area contributed by atoms with Gasteiger partial charge < -0.3 is 14.6 Å². The van der Waals surface area contributed by atoms with Crippen LogP contribution < -0.4 is 5.32 Å². The van der Waals surface area contributed by atoms with Gasteiger partial charge in [-0.2, -0.15) is 4.98 Å². The van der Waals surface area contributed by atoms with Crippen molar-refractivity contribution in [2.75, 3.05) is 5.32 Å². The van der Waals surface area contributed by atoms with Crippen molar-refractivity contribution in [2.45, 2.75) is 13.5 Å². The van der Waals surface area contributed by atoms with Gasteiger partial charge in [0.05, 0.1) is 10.4 Å². The molecule has 0 aliphatic rings. The summed E-state index contributed by atoms with van der Waals surface area (Å²) in [6.07, 6.45) is 0. The van der Waals surface area contributed by atoms with E-state index in [9.17, 15) is 9.59 Å². The first kappa shape index (κ1) is 15.9. The average molecular weight is 343 g/mol. The Labute approximate surface area is 141 Å². The Morgan fingerprint density at radius 3 is 2.88 bits per heavy atom. The molecular weight excluding hydrogens is 330 g/mol. The molecule has 2 heterocycles. The zero-order valence-electron chi connectivity index (χ0n) is 12.7. The van der Waals surface area contributed by atoms with Crippen LogP contribution in [0.5, 0.6) is 0 Å². The van der Waals surface area contributed by atoms with Crippen molar-refractivity contribution in [3.63, 3.8) is 0 Å². The highest BCUT2D eigenvalue weighted by Gasteiger charge is 2.12. The molecule has 7 nitrogen and oxygen atoms in total. The number of hydrogen-bond acceptors (Lipinski definition) is 7. The van der Waals surface area contributed by atoms with E-state index in [0.29, 0.717) is 22.0 Å². The SMILES string of the molecule is Cc1noc(COC(=O)c2cccc(NC(=O)c3cccs3)c2)n1. The smallest absolute Gasteiger partial charge is 0.338 e. The highest BCUT2D eigenvalue weighted by Crippen LogP contribution is 2.16. The number of rotatable bonds is 5. The number of aromatic nitrogens is 2. The lowest BCUT2D eigenvalue weighted by Crippen LogP contribution is -2.11. The molecule has 0 fully saturated rings. The number of nitrogens with zero attached hydrogens (tertiary/aromatic N) is 2. The van der Waals surface area contributed by atoms with E-state index in [4.69, 9.17) is 9.26 Å². The van der Waals surface area contributed by atoms with Crippen LogP contribution in [0.2, 0.25) is 0 Å². The summed E-state index contributed by atoms with van der Waals surface area (Å²) in [7, 11) is 0. The molecule has 1 amide bonds. The Bertz CT molecular complexity index is 858. The van der Waals surface area contributed by atoms with Crippen LogP contribution in [-0.2, 0) is 11.3 Å². The largest absolute Gasteiger partial charge is 0.452 e. The molecule has 24 heavy (non-hydrogen) atoms. The number of esters is 1. The summed E-state index contributed by atoms with van der Waals surface area (Å²) >= 11 is 1.34. The molecule has 0 radical (unpaired) electrons. The summed E-state index contributed by atoms with van der Waals surface area (Å²) in [6, 6.07) is 10.0. The molecule has 8 heteroatoms. The third kappa shape index (κ3) is 3.85. The second-order valence-corrected chi connectivity index (χ2v) is 5.77. The van der Waals surface area contributed by atoms with Crippen molar-refractivity contribution in [2.24, 2.45) is 0 Å². The molecule has 1 aromatic carbocycles. The van der Waals surface area contributed by atoms with Crippen LogP contribution in [0.25, 0.3) is 0 Å². The summed E-state index contributed by atoms with van der Waals surface area (Å²) < 4.78 is 9.99. The fourth-order valence-corrected chi connectivity index (χ4v) is 2.55. The van der Waals surface area contributed by atoms with Gasteiger partial charge in [-0.05, 0) is 36.6 Å². The van der Waals surface area contributed by atoms with Gasteiger partial charge >= 0.3 is 5.97 Å². The molecule has 0 atom stereocenters. The number of nitrogens with one attached hydrogen (secondary N) is 1. The van der Waals surface area contributed by atoms with Gasteiger partial charge in [-0.25, -0.2) is 4.79 Å². The Kier molecular flexibility index (Phi) is 4.66. The number of anilines is 1. The van der Waals surface area contributed by atoms with Gasteiger partial charge in [0.25, 0.3) is 11.8 Å². The molecule has 0 bridgehead atoms. The maximum absolute atomic E-state index is 12.1. The maximum Gasteiger partial charge on any atom is 0.338 e. The second kappa shape index (κ2) is 7.05. The lowest BCUT2D eigenvalue weighted by Gasteiger charge is -2.06. The minimum absolute atomic E-state index is 0.106. The maximum atomic E-state index is 12.1. The van der Waals surface area contributed by atoms with E-state index in [1.165, 1.54) is 11.3 Å². The number of ether oxygens (including phenoxy) is 1. The Morgan fingerprint density at radius 2 is 2.17 bits per heavy atom. The third-order valence-corrected chi connectivity index (χ3v) is 3.87. The zero-order valence-corrected chi connectivity index (χ0v) is 13.5. The van der Waals surface area contributed by atoms with Crippen LogP contribution in [0.4, 0.5) is 5.69 Å². The van der Waals surface area contributed by atoms with Gasteiger partial charge in [-0.1, -0.05) is 17.3 Å². The van der Waals surface area contributed by atoms with Crippen LogP contribution in [0, 0.1) is 6.92 Å². The zero-order chi connectivity index (χ0) is 16.9. The average Bonchev–Trinajstić information content (AvgIpc) is 3.24. The molecule has 122 valence electrons. The minimum Gasteiger partial charge on any atom is -0.452 e. The normalized spacial score (nSPS) is 10.4. The van der Waals surface area contributed by atoms with E-state index in [-0.39, 0.29) is 18.4 Å². The summed E-state index contributed by atoms with van der Waals surface area (Å²) in [5.41, 5.74) is 0.826. The number of thiophene rings is 1. The molecular formula is C16H13N3O4S. The summed E-state index contributed by atoms with van der Waals surface area (Å²) in [5.74, 6) is -0.0720. The number of hydrogen-bond donors (Lipinski definition) is 1. The van der Waals surface area contributed by atoms with Crippen molar-refractivity contribution in [3.05, 3.63) is 63.9 Å². The Hall–Kier alpha value is -3.00. The van der Waals surface area contributed by atoms with E-state index in [0.717, 1.165) is 0 Å². The third-order valence-electron chi connectivity index (χ3n) is 3.00. The predicted octanol–water partition coefficient (Wildman–Crippen LogP) is 3.05. The number of aryl methyl sites for hydroxylation is 1. The number of carbonyl (C=O) groups excluding carboxylic acids is 2. The van der Waals surface area contributed by atoms with E-state index >= 15 is 0 Å². The molecule has 3 rings (SSSR count). The number of carbonyl (C=O) groups is 2. The van der Waals surface area contributed by atoms with Crippen molar-refractivity contribution in [3.8, 4) is 0 Å². The van der Waals surface area contributed by atoms with Crippen molar-refractivity contribution in [1.82, 2.24) is 10.1 Å². The summed E-state index contributed by atoms with van der Waals surface area (Å²) in [4.78, 5) is 28.6. The lowest BCUT2D eigenvalue weighted by atomic mass is 10.2. The topological polar surface area (TPSA) is 94.3 Å². The van der Waals surface area contributed by atoms with Gasteiger partial charge in [-0.3, -0.25) is 4.79 Å². The standard InChI is InChI=1S/C16H13N3O4S/c1-10-17-14(23-19-10)9-22-16(21)11-4-2-5-12(8-11)18-15(20)13-6-3-7-24-13/h2-8H,9H2,1H3,(H,18,20). The van der Waals surface area contributed by atoms with Crippen LogP contribution in [0.1, 0.15) is 31.7 Å². The van der Waals surface area contributed by atoms with Crippen LogP contribution in [0.3, 0.4) is 0 Å². The molecule has 0 aliphatic heterocycles. The fraction of sp³-hybridized carbons (Fsp3) is 0.125. The molecule has 0 saturated heterocycles. The monoisotopic (exact) mass is 343 g/mol. The van der Waals surface area contributed by atoms with Crippen molar-refractivity contribution >= 4 is 28.9 Å². The fourth-order valence-electron chi connectivity index (χ4n) is 1.93. The van der Waals surface area contributed by atoms with Crippen molar-refractivity contribution < 1.29 is 18.8 Å². The Balaban J connectivity index is 1.63. The molecule has 0 aliphatic carbocycles. The van der Waals surface area contributed by atoms with E-state index in [2.05, 4.69) is 15.5 Å². The first-order valence-corrected chi connectivity index (χ1v) is 7.91. The molecule has 0 unspecified atom stereocenters. The quantitative estimate of drug-likeness (QED) is 0.716. The number of benzene rings is 1. The minimum atomic E-state index is -0.543. The van der Waals surface area contributed by atoms with E-state index in [1.807, 2.05) is 5.38 Å². The first-order chi connectivity index (χ1) is 11.6. The Morgan fingerprint density at radius 1 is 1.29 bits per heavy atom. The molecule has 1 N–H and O–H groups in total. The molecule has 2 aromatic heterocycles. The lowest BCUT2D eigenvalue weighted by molar-refractivity contribution is 0.0429. The van der Waals surface area contributed by atoms with E-state index in [1.54, 1.807) is 43.3 Å². The van der Waals surface area contributed by atoms with Gasteiger partial charge in [-0.15, -0.1) is 11.3 Å². The number of amides is 1. The van der Waals surface area contributed by atoms with Gasteiger partial charge in [0.1, 0.15) is 0 Å². The molecule has 0 spiro atoms. The highest BCUT2D eigenvalue weighted by molar-refractivity contribution is 7.12. The van der Waals surface area contributed by atoms with Gasteiger partial charge in [0, 0.05) is 5.69 Å². The van der Waals surface area contributed by atoms with Crippen LogP contribution in [0.15, 0.2) is 46.3 Å². The predicted molar refractivity (Wildman–Crippen MR) is 86.9 cm³/mol. The molecule has 0 saturated carbocycles. The summed E-state index contributed by atoms with van der Waals surface area (Å²) in [6.45, 7) is 1.57. The van der Waals surface area contributed by atoms with Gasteiger partial charge in [0.15, 0.2) is 12.4 Å². The first-order valence-electron chi connectivity index (χ1n) is 7.03. The molecule has 3 aromatic rings. The highest BCUT2D eigenvalue weighted by atomic mass is 32.1. The van der Waals surface area contributed by atoms with Crippen molar-refractivity contribution in [1.29, 1.82) is 0 Å². The second-order valence-electron chi connectivity index (χ2n) is 4.82. The van der Waals surface area contributed by atoms with Crippen LogP contribution in [-0.4, -0.2) is 22.0 Å². The van der Waals surface area contributed by atoms with E-state index < -0.39 is 5.97 Å². The summed E-state index contributed by atoms with van der Waals surface area (Å²) in [5, 5.41) is 8.18. The van der Waals surface area contributed by atoms with Gasteiger partial charge in [0.2, 0.25) is 0 Å².